The third kappa shape index (κ3) is 6.87. The van der Waals surface area contributed by atoms with Crippen molar-refractivity contribution in [1.29, 1.82) is 5.26 Å². The number of rotatable bonds is 7. The fourth-order valence-corrected chi connectivity index (χ4v) is 3.66. The van der Waals surface area contributed by atoms with Gasteiger partial charge in [-0.1, -0.05) is 0 Å². The SMILES string of the molecule is COC(=O)CC[C@H]1C(Oc2ccc(C#N)cc2)CN(C(=O)OC(C)(C)C)C1CC(=O)OC. The van der Waals surface area contributed by atoms with Crippen molar-refractivity contribution in [1.82, 2.24) is 4.90 Å². The molecule has 32 heavy (non-hydrogen) atoms. The second-order valence-corrected chi connectivity index (χ2v) is 8.55. The van der Waals surface area contributed by atoms with Crippen molar-refractivity contribution in [3.05, 3.63) is 29.8 Å². The summed E-state index contributed by atoms with van der Waals surface area (Å²) >= 11 is 0. The van der Waals surface area contributed by atoms with E-state index in [9.17, 15) is 14.4 Å². The number of carbonyl (C=O) groups excluding carboxylic acids is 3. The Morgan fingerprint density at radius 2 is 1.72 bits per heavy atom. The molecule has 0 saturated carbocycles. The molecule has 9 heteroatoms. The molecule has 1 aromatic carbocycles. The molecule has 2 unspecified atom stereocenters. The Balaban J connectivity index is 2.33. The maximum absolute atomic E-state index is 12.9. The molecule has 0 N–H and O–H groups in total. The van der Waals surface area contributed by atoms with Gasteiger partial charge in [0.1, 0.15) is 17.5 Å². The maximum atomic E-state index is 12.9. The van der Waals surface area contributed by atoms with Crippen molar-refractivity contribution >= 4 is 18.0 Å². The highest BCUT2D eigenvalue weighted by Crippen LogP contribution is 2.35. The van der Waals surface area contributed by atoms with Crippen LogP contribution in [0.3, 0.4) is 0 Å². The molecule has 1 aliphatic rings. The number of hydrogen-bond acceptors (Lipinski definition) is 8. The molecule has 0 spiro atoms. The lowest BCUT2D eigenvalue weighted by Gasteiger charge is -2.29. The lowest BCUT2D eigenvalue weighted by molar-refractivity contribution is -0.142. The minimum Gasteiger partial charge on any atom is -0.488 e. The average molecular weight is 447 g/mol. The van der Waals surface area contributed by atoms with Crippen LogP contribution in [0.15, 0.2) is 24.3 Å². The summed E-state index contributed by atoms with van der Waals surface area (Å²) in [6, 6.07) is 8.07. The fourth-order valence-electron chi connectivity index (χ4n) is 3.66. The first-order valence-electron chi connectivity index (χ1n) is 10.4. The molecule has 9 nitrogen and oxygen atoms in total. The Morgan fingerprint density at radius 3 is 2.25 bits per heavy atom. The second-order valence-electron chi connectivity index (χ2n) is 8.55. The zero-order valence-electron chi connectivity index (χ0n) is 19.1. The molecule has 1 heterocycles. The van der Waals surface area contributed by atoms with Gasteiger partial charge in [-0.05, 0) is 51.5 Å². The summed E-state index contributed by atoms with van der Waals surface area (Å²) in [5.41, 5.74) is -0.231. The Morgan fingerprint density at radius 1 is 1.09 bits per heavy atom. The van der Waals surface area contributed by atoms with E-state index in [-0.39, 0.29) is 25.3 Å². The van der Waals surface area contributed by atoms with Crippen LogP contribution in [0, 0.1) is 17.2 Å². The van der Waals surface area contributed by atoms with E-state index in [1.807, 2.05) is 6.07 Å². The number of carbonyl (C=O) groups is 3. The van der Waals surface area contributed by atoms with E-state index in [1.165, 1.54) is 19.1 Å². The van der Waals surface area contributed by atoms with Crippen LogP contribution in [0.2, 0.25) is 0 Å². The molecule has 0 radical (unpaired) electrons. The van der Waals surface area contributed by atoms with Crippen LogP contribution >= 0.6 is 0 Å². The monoisotopic (exact) mass is 446 g/mol. The number of ether oxygens (including phenoxy) is 4. The molecular weight excluding hydrogens is 416 g/mol. The number of nitrogens with zero attached hydrogens (tertiary/aromatic N) is 2. The van der Waals surface area contributed by atoms with Crippen LogP contribution < -0.4 is 4.74 Å². The quantitative estimate of drug-likeness (QED) is 0.464. The van der Waals surface area contributed by atoms with Gasteiger partial charge in [0.05, 0.1) is 44.9 Å². The number of hydrogen-bond donors (Lipinski definition) is 0. The number of benzene rings is 1. The van der Waals surface area contributed by atoms with Crippen LogP contribution in [0.4, 0.5) is 4.79 Å². The van der Waals surface area contributed by atoms with Crippen LogP contribution in [0.1, 0.15) is 45.6 Å². The van der Waals surface area contributed by atoms with E-state index < -0.39 is 35.8 Å². The van der Waals surface area contributed by atoms with E-state index in [0.29, 0.717) is 17.7 Å². The molecule has 3 atom stereocenters. The molecule has 1 aromatic rings. The number of methoxy groups -OCH3 is 2. The van der Waals surface area contributed by atoms with E-state index in [1.54, 1.807) is 45.0 Å². The Kier molecular flexibility index (Phi) is 8.47. The molecule has 0 bridgehead atoms. The van der Waals surface area contributed by atoms with Crippen LogP contribution in [0.25, 0.3) is 0 Å². The number of amides is 1. The molecule has 1 amide bonds. The lowest BCUT2D eigenvalue weighted by Crippen LogP contribution is -2.42. The lowest BCUT2D eigenvalue weighted by atomic mass is 9.90. The highest BCUT2D eigenvalue weighted by Gasteiger charge is 2.47. The van der Waals surface area contributed by atoms with Crippen LogP contribution in [-0.2, 0) is 23.8 Å². The zero-order valence-corrected chi connectivity index (χ0v) is 19.1. The minimum atomic E-state index is -0.722. The number of nitriles is 1. The van der Waals surface area contributed by atoms with E-state index in [2.05, 4.69) is 0 Å². The fraction of sp³-hybridized carbons (Fsp3) is 0.565. The van der Waals surface area contributed by atoms with Crippen molar-refractivity contribution in [2.24, 2.45) is 5.92 Å². The van der Waals surface area contributed by atoms with Gasteiger partial charge in [0.2, 0.25) is 0 Å². The topological polar surface area (TPSA) is 115 Å². The van der Waals surface area contributed by atoms with Crippen molar-refractivity contribution in [2.75, 3.05) is 20.8 Å². The smallest absolute Gasteiger partial charge is 0.410 e. The average Bonchev–Trinajstić information content (AvgIpc) is 3.08. The van der Waals surface area contributed by atoms with Crippen LogP contribution in [0.5, 0.6) is 5.75 Å². The van der Waals surface area contributed by atoms with Gasteiger partial charge < -0.3 is 23.8 Å². The Labute approximate surface area is 188 Å². The van der Waals surface area contributed by atoms with Crippen molar-refractivity contribution < 1.29 is 33.3 Å². The van der Waals surface area contributed by atoms with Gasteiger partial charge in [0, 0.05) is 12.3 Å². The van der Waals surface area contributed by atoms with Gasteiger partial charge in [-0.2, -0.15) is 5.26 Å². The van der Waals surface area contributed by atoms with Gasteiger partial charge in [-0.3, -0.25) is 9.59 Å². The first-order valence-corrected chi connectivity index (χ1v) is 10.4. The summed E-state index contributed by atoms with van der Waals surface area (Å²) < 4.78 is 21.3. The Bertz CT molecular complexity index is 855. The molecule has 174 valence electrons. The molecule has 0 aliphatic carbocycles. The molecule has 0 aromatic heterocycles. The van der Waals surface area contributed by atoms with E-state index in [0.717, 1.165) is 0 Å². The number of esters is 2. The molecule has 1 aliphatic heterocycles. The van der Waals surface area contributed by atoms with E-state index >= 15 is 0 Å². The predicted molar refractivity (Wildman–Crippen MR) is 114 cm³/mol. The summed E-state index contributed by atoms with van der Waals surface area (Å²) in [5, 5.41) is 8.99. The molecule has 2 rings (SSSR count). The first-order chi connectivity index (χ1) is 15.1. The van der Waals surface area contributed by atoms with Crippen LogP contribution in [-0.4, -0.2) is 61.4 Å². The predicted octanol–water partition coefficient (Wildman–Crippen LogP) is 3.06. The largest absolute Gasteiger partial charge is 0.488 e. The summed E-state index contributed by atoms with van der Waals surface area (Å²) in [6.07, 6.45) is -0.687. The Hall–Kier alpha value is -3.28. The van der Waals surface area contributed by atoms with Crippen molar-refractivity contribution in [2.45, 2.75) is 57.8 Å². The number of likely N-dealkylation sites (tertiary alicyclic amines) is 1. The molecule has 1 saturated heterocycles. The summed E-state index contributed by atoms with van der Waals surface area (Å²) in [6.45, 7) is 5.45. The summed E-state index contributed by atoms with van der Waals surface area (Å²) in [4.78, 5) is 38.3. The minimum absolute atomic E-state index is 0.0607. The van der Waals surface area contributed by atoms with Gasteiger partial charge in [0.15, 0.2) is 0 Å². The zero-order chi connectivity index (χ0) is 23.9. The maximum Gasteiger partial charge on any atom is 0.410 e. The summed E-state index contributed by atoms with van der Waals surface area (Å²) in [7, 11) is 2.59. The standard InChI is InChI=1S/C23H30N2O7/c1-23(2,3)32-22(28)25-14-19(31-16-8-6-15(13-24)7-9-16)17(10-11-20(26)29-4)18(25)12-21(27)30-5/h6-9,17-19H,10-12,14H2,1-5H3/t17-,18?,19?/m1/s1. The molecular formula is C23H30N2O7. The third-order valence-electron chi connectivity index (χ3n) is 5.16. The van der Waals surface area contributed by atoms with Gasteiger partial charge in [0.25, 0.3) is 0 Å². The highest BCUT2D eigenvalue weighted by atomic mass is 16.6. The van der Waals surface area contributed by atoms with Crippen molar-refractivity contribution in [3.63, 3.8) is 0 Å². The van der Waals surface area contributed by atoms with Gasteiger partial charge in [-0.25, -0.2) is 4.79 Å². The summed E-state index contributed by atoms with van der Waals surface area (Å²) in [5.74, 6) is -0.711. The van der Waals surface area contributed by atoms with Gasteiger partial charge >= 0.3 is 18.0 Å². The molecule has 1 fully saturated rings. The van der Waals surface area contributed by atoms with Gasteiger partial charge in [-0.15, -0.1) is 0 Å². The highest BCUT2D eigenvalue weighted by molar-refractivity contribution is 5.74. The van der Waals surface area contributed by atoms with E-state index in [4.69, 9.17) is 24.2 Å². The van der Waals surface area contributed by atoms with Crippen molar-refractivity contribution in [3.8, 4) is 11.8 Å². The normalized spacial score (nSPS) is 20.2. The third-order valence-corrected chi connectivity index (χ3v) is 5.16. The first kappa shape index (κ1) is 25.0. The second kappa shape index (κ2) is 10.8.